The van der Waals surface area contributed by atoms with E-state index in [1.165, 1.54) is 12.8 Å². The van der Waals surface area contributed by atoms with Gasteiger partial charge >= 0.3 is 0 Å². The van der Waals surface area contributed by atoms with E-state index in [-0.39, 0.29) is 5.91 Å². The van der Waals surface area contributed by atoms with Crippen LogP contribution < -0.4 is 9.64 Å². The van der Waals surface area contributed by atoms with Gasteiger partial charge in [0.25, 0.3) is 5.91 Å². The summed E-state index contributed by atoms with van der Waals surface area (Å²) in [5, 5.41) is 0. The number of quaternary nitrogens is 1. The van der Waals surface area contributed by atoms with Crippen molar-refractivity contribution < 1.29 is 19.2 Å². The van der Waals surface area contributed by atoms with Gasteiger partial charge in [0.15, 0.2) is 0 Å². The smallest absolute Gasteiger partial charge is 0.255 e. The zero-order chi connectivity index (χ0) is 16.2. The maximum absolute atomic E-state index is 12.7. The van der Waals surface area contributed by atoms with Gasteiger partial charge in [-0.15, -0.1) is 0 Å². The monoisotopic (exact) mass is 383 g/mol. The standard InChI is InChI=1S/C17H23BrN2O3/c1-22-13-4-5-16(18)15(11-13)17(21)20-8-6-19(7-9-20)12-14-3-2-10-23-14/h4-5,11,14H,2-3,6-10,12H2,1H3/p+1/t14-/m1/s1. The zero-order valence-electron chi connectivity index (χ0n) is 13.5. The van der Waals surface area contributed by atoms with Gasteiger partial charge in [-0.05, 0) is 47.0 Å². The molecule has 0 saturated carbocycles. The maximum atomic E-state index is 12.7. The Hall–Kier alpha value is -1.11. The molecule has 0 aliphatic carbocycles. The number of ether oxygens (including phenoxy) is 2. The number of piperazine rings is 1. The normalized spacial score (nSPS) is 22.3. The molecule has 0 aromatic heterocycles. The molecule has 23 heavy (non-hydrogen) atoms. The molecule has 3 rings (SSSR count). The summed E-state index contributed by atoms with van der Waals surface area (Å²) in [6.07, 6.45) is 2.79. The molecule has 1 aromatic carbocycles. The van der Waals surface area contributed by atoms with Gasteiger partial charge in [0, 0.05) is 11.1 Å². The van der Waals surface area contributed by atoms with Gasteiger partial charge in [0.2, 0.25) is 0 Å². The first-order valence-corrected chi connectivity index (χ1v) is 9.04. The second-order valence-electron chi connectivity index (χ2n) is 6.23. The number of rotatable bonds is 4. The van der Waals surface area contributed by atoms with Crippen LogP contribution in [0.15, 0.2) is 22.7 Å². The van der Waals surface area contributed by atoms with E-state index in [2.05, 4.69) is 15.9 Å². The largest absolute Gasteiger partial charge is 0.497 e. The van der Waals surface area contributed by atoms with Gasteiger partial charge in [0.05, 0.1) is 38.9 Å². The summed E-state index contributed by atoms with van der Waals surface area (Å²) in [4.78, 5) is 16.2. The Kier molecular flexibility index (Phi) is 5.56. The van der Waals surface area contributed by atoms with E-state index in [0.717, 1.165) is 43.8 Å². The highest BCUT2D eigenvalue weighted by Gasteiger charge is 2.28. The number of hydrogen-bond acceptors (Lipinski definition) is 3. The van der Waals surface area contributed by atoms with Crippen LogP contribution in [0.5, 0.6) is 5.75 Å². The number of halogens is 1. The molecule has 0 radical (unpaired) electrons. The van der Waals surface area contributed by atoms with Crippen molar-refractivity contribution in [2.24, 2.45) is 0 Å². The van der Waals surface area contributed by atoms with Crippen molar-refractivity contribution in [2.75, 3.05) is 46.4 Å². The van der Waals surface area contributed by atoms with E-state index in [1.807, 2.05) is 17.0 Å². The summed E-state index contributed by atoms with van der Waals surface area (Å²) in [5.74, 6) is 0.783. The first kappa shape index (κ1) is 16.7. The van der Waals surface area contributed by atoms with Crippen molar-refractivity contribution >= 4 is 21.8 Å². The fourth-order valence-electron chi connectivity index (χ4n) is 3.32. The molecule has 1 aromatic rings. The van der Waals surface area contributed by atoms with Crippen molar-refractivity contribution in [3.05, 3.63) is 28.2 Å². The molecule has 0 unspecified atom stereocenters. The Morgan fingerprint density at radius 3 is 2.87 bits per heavy atom. The fourth-order valence-corrected chi connectivity index (χ4v) is 3.74. The lowest BCUT2D eigenvalue weighted by atomic mass is 10.1. The SMILES string of the molecule is COc1ccc(Br)c(C(=O)N2CC[NH+](C[C@H]3CCCO3)CC2)c1. The summed E-state index contributed by atoms with van der Waals surface area (Å²) in [6, 6.07) is 5.52. The number of nitrogens with zero attached hydrogens (tertiary/aromatic N) is 1. The first-order valence-electron chi connectivity index (χ1n) is 8.25. The van der Waals surface area contributed by atoms with Gasteiger partial charge in [-0.25, -0.2) is 0 Å². The molecular weight excluding hydrogens is 360 g/mol. The highest BCUT2D eigenvalue weighted by atomic mass is 79.9. The van der Waals surface area contributed by atoms with Crippen molar-refractivity contribution in [1.29, 1.82) is 0 Å². The lowest BCUT2D eigenvalue weighted by molar-refractivity contribution is -0.906. The molecule has 6 heteroatoms. The predicted molar refractivity (Wildman–Crippen MR) is 91.1 cm³/mol. The Bertz CT molecular complexity index is 553. The summed E-state index contributed by atoms with van der Waals surface area (Å²) in [5.41, 5.74) is 0.673. The molecule has 1 atom stereocenters. The second-order valence-corrected chi connectivity index (χ2v) is 7.08. The van der Waals surface area contributed by atoms with Crippen LogP contribution in [-0.2, 0) is 4.74 Å². The van der Waals surface area contributed by atoms with Crippen LogP contribution in [0.25, 0.3) is 0 Å². The lowest BCUT2D eigenvalue weighted by Crippen LogP contribution is -3.15. The molecule has 2 saturated heterocycles. The Morgan fingerprint density at radius 2 is 2.22 bits per heavy atom. The van der Waals surface area contributed by atoms with Crippen LogP contribution in [0.4, 0.5) is 0 Å². The third-order valence-electron chi connectivity index (χ3n) is 4.70. The van der Waals surface area contributed by atoms with Gasteiger partial charge in [-0.3, -0.25) is 4.79 Å². The predicted octanol–water partition coefficient (Wildman–Crippen LogP) is 0.977. The lowest BCUT2D eigenvalue weighted by Gasteiger charge is -2.33. The van der Waals surface area contributed by atoms with E-state index in [4.69, 9.17) is 9.47 Å². The summed E-state index contributed by atoms with van der Waals surface area (Å²) >= 11 is 3.47. The number of methoxy groups -OCH3 is 1. The molecule has 0 bridgehead atoms. The van der Waals surface area contributed by atoms with Crippen LogP contribution in [0.1, 0.15) is 23.2 Å². The van der Waals surface area contributed by atoms with Gasteiger partial charge in [-0.1, -0.05) is 0 Å². The third-order valence-corrected chi connectivity index (χ3v) is 5.39. The van der Waals surface area contributed by atoms with Crippen molar-refractivity contribution in [2.45, 2.75) is 18.9 Å². The molecule has 0 spiro atoms. The molecule has 2 heterocycles. The molecular formula is C17H24BrN2O3+. The van der Waals surface area contributed by atoms with Gasteiger partial charge in [0.1, 0.15) is 18.4 Å². The average molecular weight is 384 g/mol. The van der Waals surface area contributed by atoms with Crippen LogP contribution in [0.2, 0.25) is 0 Å². The van der Waals surface area contributed by atoms with E-state index in [9.17, 15) is 4.79 Å². The number of benzene rings is 1. The summed E-state index contributed by atoms with van der Waals surface area (Å²) < 4.78 is 11.8. The molecule has 5 nitrogen and oxygen atoms in total. The quantitative estimate of drug-likeness (QED) is 0.842. The Labute approximate surface area is 145 Å². The minimum Gasteiger partial charge on any atom is -0.497 e. The zero-order valence-corrected chi connectivity index (χ0v) is 15.1. The molecule has 2 aliphatic heterocycles. The van der Waals surface area contributed by atoms with Crippen LogP contribution >= 0.6 is 15.9 Å². The number of nitrogens with one attached hydrogen (secondary N) is 1. The van der Waals surface area contributed by atoms with Crippen molar-refractivity contribution in [3.63, 3.8) is 0 Å². The van der Waals surface area contributed by atoms with Crippen molar-refractivity contribution in [3.8, 4) is 5.75 Å². The van der Waals surface area contributed by atoms with Gasteiger partial charge in [-0.2, -0.15) is 0 Å². The molecule has 2 fully saturated rings. The van der Waals surface area contributed by atoms with Crippen LogP contribution in [0, 0.1) is 0 Å². The fraction of sp³-hybridized carbons (Fsp3) is 0.588. The molecule has 1 N–H and O–H groups in total. The molecule has 126 valence electrons. The van der Waals surface area contributed by atoms with Crippen LogP contribution in [0.3, 0.4) is 0 Å². The summed E-state index contributed by atoms with van der Waals surface area (Å²) in [7, 11) is 1.62. The van der Waals surface area contributed by atoms with E-state index in [1.54, 1.807) is 18.1 Å². The topological polar surface area (TPSA) is 43.2 Å². The Balaban J connectivity index is 1.57. The Morgan fingerprint density at radius 1 is 1.43 bits per heavy atom. The second kappa shape index (κ2) is 7.64. The van der Waals surface area contributed by atoms with Crippen LogP contribution in [-0.4, -0.2) is 63.4 Å². The number of amides is 1. The van der Waals surface area contributed by atoms with Gasteiger partial charge < -0.3 is 19.3 Å². The number of carbonyl (C=O) groups excluding carboxylic acids is 1. The highest BCUT2D eigenvalue weighted by Crippen LogP contribution is 2.23. The average Bonchev–Trinajstić information content (AvgIpc) is 3.08. The first-order chi connectivity index (χ1) is 11.2. The molecule has 1 amide bonds. The highest BCUT2D eigenvalue weighted by molar-refractivity contribution is 9.10. The number of carbonyl (C=O) groups is 1. The minimum absolute atomic E-state index is 0.0759. The van der Waals surface area contributed by atoms with E-state index < -0.39 is 0 Å². The third kappa shape index (κ3) is 4.05. The summed E-state index contributed by atoms with van der Waals surface area (Å²) in [6.45, 7) is 5.56. The molecule has 2 aliphatic rings. The minimum atomic E-state index is 0.0759. The van der Waals surface area contributed by atoms with Crippen molar-refractivity contribution in [1.82, 2.24) is 4.90 Å². The maximum Gasteiger partial charge on any atom is 0.255 e. The number of hydrogen-bond donors (Lipinski definition) is 1. The van der Waals surface area contributed by atoms with E-state index in [0.29, 0.717) is 17.4 Å². The van der Waals surface area contributed by atoms with E-state index >= 15 is 0 Å².